The Kier molecular flexibility index (Phi) is 8.14. The van der Waals surface area contributed by atoms with Crippen molar-refractivity contribution in [3.05, 3.63) is 53.6 Å². The highest BCUT2D eigenvalue weighted by Gasteiger charge is 2.14. The standard InChI is InChI=1S/C21H25ClN2O3/c1-3-12-27-19-10-8-18(9-11-19)24-21(26)14-15(2)13-20(25)23-17-6-4-16(22)5-7-17/h4-11,15H,3,12-14H2,1-2H3,(H,23,25)(H,24,26). The molecule has 0 saturated heterocycles. The lowest BCUT2D eigenvalue weighted by Gasteiger charge is -2.12. The van der Waals surface area contributed by atoms with Crippen LogP contribution >= 0.6 is 11.6 Å². The molecule has 0 radical (unpaired) electrons. The van der Waals surface area contributed by atoms with E-state index in [4.69, 9.17) is 16.3 Å². The molecule has 6 heteroatoms. The zero-order chi connectivity index (χ0) is 19.6. The summed E-state index contributed by atoms with van der Waals surface area (Å²) in [6.07, 6.45) is 1.48. The van der Waals surface area contributed by atoms with Gasteiger partial charge in [-0.15, -0.1) is 0 Å². The Morgan fingerprint density at radius 3 is 1.89 bits per heavy atom. The second-order valence-electron chi connectivity index (χ2n) is 6.49. The van der Waals surface area contributed by atoms with Crippen LogP contribution in [0, 0.1) is 5.92 Å². The lowest BCUT2D eigenvalue weighted by Crippen LogP contribution is -2.20. The van der Waals surface area contributed by atoms with Crippen molar-refractivity contribution in [1.82, 2.24) is 0 Å². The number of hydrogen-bond donors (Lipinski definition) is 2. The summed E-state index contributed by atoms with van der Waals surface area (Å²) in [6.45, 7) is 4.59. The largest absolute Gasteiger partial charge is 0.494 e. The van der Waals surface area contributed by atoms with E-state index in [1.165, 1.54) is 0 Å². The van der Waals surface area contributed by atoms with Crippen molar-refractivity contribution in [2.24, 2.45) is 5.92 Å². The summed E-state index contributed by atoms with van der Waals surface area (Å²) in [5, 5.41) is 6.26. The van der Waals surface area contributed by atoms with Gasteiger partial charge in [-0.2, -0.15) is 0 Å². The maximum atomic E-state index is 12.2. The maximum absolute atomic E-state index is 12.2. The van der Waals surface area contributed by atoms with Crippen molar-refractivity contribution in [2.75, 3.05) is 17.2 Å². The molecule has 0 bridgehead atoms. The molecule has 2 rings (SSSR count). The second kappa shape index (κ2) is 10.6. The number of anilines is 2. The number of nitrogens with one attached hydrogen (secondary N) is 2. The monoisotopic (exact) mass is 388 g/mol. The highest BCUT2D eigenvalue weighted by atomic mass is 35.5. The van der Waals surface area contributed by atoms with E-state index in [2.05, 4.69) is 10.6 Å². The normalized spacial score (nSPS) is 11.5. The van der Waals surface area contributed by atoms with E-state index in [-0.39, 0.29) is 30.6 Å². The van der Waals surface area contributed by atoms with Crippen LogP contribution in [0.15, 0.2) is 48.5 Å². The molecule has 2 aromatic carbocycles. The number of rotatable bonds is 9. The molecule has 144 valence electrons. The van der Waals surface area contributed by atoms with Crippen LogP contribution in [0.1, 0.15) is 33.1 Å². The van der Waals surface area contributed by atoms with Gasteiger partial charge >= 0.3 is 0 Å². The van der Waals surface area contributed by atoms with Crippen LogP contribution in [0.5, 0.6) is 5.75 Å². The van der Waals surface area contributed by atoms with E-state index in [9.17, 15) is 9.59 Å². The average Bonchev–Trinajstić information content (AvgIpc) is 2.62. The molecule has 0 aliphatic carbocycles. The van der Waals surface area contributed by atoms with Crippen LogP contribution in [-0.2, 0) is 9.59 Å². The number of hydrogen-bond acceptors (Lipinski definition) is 3. The van der Waals surface area contributed by atoms with Gasteiger partial charge in [0.2, 0.25) is 11.8 Å². The predicted molar refractivity (Wildman–Crippen MR) is 109 cm³/mol. The minimum absolute atomic E-state index is 0.0792. The first-order chi connectivity index (χ1) is 13.0. The predicted octanol–water partition coefficient (Wildman–Crippen LogP) is 5.12. The van der Waals surface area contributed by atoms with Crippen molar-refractivity contribution in [3.63, 3.8) is 0 Å². The highest BCUT2D eigenvalue weighted by molar-refractivity contribution is 6.30. The molecular formula is C21H25ClN2O3. The summed E-state index contributed by atoms with van der Waals surface area (Å²) in [5.74, 6) is 0.450. The van der Waals surface area contributed by atoms with Crippen LogP contribution in [0.25, 0.3) is 0 Å². The zero-order valence-electron chi connectivity index (χ0n) is 15.6. The van der Waals surface area contributed by atoms with Crippen LogP contribution in [-0.4, -0.2) is 18.4 Å². The summed E-state index contributed by atoms with van der Waals surface area (Å²) >= 11 is 5.82. The molecule has 0 saturated carbocycles. The lowest BCUT2D eigenvalue weighted by atomic mass is 10.0. The molecule has 0 fully saturated rings. The summed E-state index contributed by atoms with van der Waals surface area (Å²) in [7, 11) is 0. The second-order valence-corrected chi connectivity index (χ2v) is 6.93. The van der Waals surface area contributed by atoms with E-state index in [0.29, 0.717) is 23.0 Å². The minimum atomic E-state index is -0.130. The van der Waals surface area contributed by atoms with Gasteiger partial charge in [-0.3, -0.25) is 9.59 Å². The smallest absolute Gasteiger partial charge is 0.224 e. The molecule has 1 atom stereocenters. The van der Waals surface area contributed by atoms with Gasteiger partial charge in [0.05, 0.1) is 6.61 Å². The quantitative estimate of drug-likeness (QED) is 0.626. The topological polar surface area (TPSA) is 67.4 Å². The number of halogens is 1. The molecule has 2 aromatic rings. The number of carbonyl (C=O) groups is 2. The van der Waals surface area contributed by atoms with Gasteiger partial charge in [0, 0.05) is 29.2 Å². The Balaban J connectivity index is 1.75. The fourth-order valence-corrected chi connectivity index (χ4v) is 2.64. The fraction of sp³-hybridized carbons (Fsp3) is 0.333. The molecule has 0 aromatic heterocycles. The average molecular weight is 389 g/mol. The summed E-state index contributed by atoms with van der Waals surface area (Å²) in [4.78, 5) is 24.3. The third-order valence-corrected chi connectivity index (χ3v) is 4.06. The molecule has 0 aliphatic heterocycles. The molecule has 5 nitrogen and oxygen atoms in total. The fourth-order valence-electron chi connectivity index (χ4n) is 2.52. The molecule has 0 aliphatic rings. The van der Waals surface area contributed by atoms with Gasteiger partial charge < -0.3 is 15.4 Å². The number of ether oxygens (including phenoxy) is 1. The molecule has 0 heterocycles. The molecule has 1 unspecified atom stereocenters. The number of amides is 2. The Labute approximate surface area is 165 Å². The maximum Gasteiger partial charge on any atom is 0.224 e. The number of benzene rings is 2. The van der Waals surface area contributed by atoms with Crippen molar-refractivity contribution in [2.45, 2.75) is 33.1 Å². The first kappa shape index (κ1) is 20.8. The molecule has 27 heavy (non-hydrogen) atoms. The lowest BCUT2D eigenvalue weighted by molar-refractivity contribution is -0.118. The van der Waals surface area contributed by atoms with Gasteiger partial charge in [-0.1, -0.05) is 25.4 Å². The van der Waals surface area contributed by atoms with Gasteiger partial charge in [0.1, 0.15) is 5.75 Å². The van der Waals surface area contributed by atoms with E-state index < -0.39 is 0 Å². The first-order valence-corrected chi connectivity index (χ1v) is 9.42. The molecule has 2 N–H and O–H groups in total. The summed E-state index contributed by atoms with van der Waals surface area (Å²) in [5.41, 5.74) is 1.40. The van der Waals surface area contributed by atoms with Crippen molar-refractivity contribution >= 4 is 34.8 Å². The van der Waals surface area contributed by atoms with Crippen molar-refractivity contribution in [3.8, 4) is 5.75 Å². The van der Waals surface area contributed by atoms with Gasteiger partial charge in [-0.25, -0.2) is 0 Å². The van der Waals surface area contributed by atoms with Crippen LogP contribution in [0.3, 0.4) is 0 Å². The molecule has 2 amide bonds. The Bertz CT molecular complexity index is 745. The molecular weight excluding hydrogens is 364 g/mol. The van der Waals surface area contributed by atoms with Crippen LogP contribution < -0.4 is 15.4 Å². The van der Waals surface area contributed by atoms with Gasteiger partial charge in [0.15, 0.2) is 0 Å². The van der Waals surface area contributed by atoms with Crippen LogP contribution in [0.4, 0.5) is 11.4 Å². The Morgan fingerprint density at radius 1 is 0.926 bits per heavy atom. The minimum Gasteiger partial charge on any atom is -0.494 e. The van der Waals surface area contributed by atoms with E-state index in [1.54, 1.807) is 36.4 Å². The van der Waals surface area contributed by atoms with Crippen molar-refractivity contribution < 1.29 is 14.3 Å². The molecule has 0 spiro atoms. The third-order valence-electron chi connectivity index (χ3n) is 3.81. The Hall–Kier alpha value is -2.53. The highest BCUT2D eigenvalue weighted by Crippen LogP contribution is 2.18. The number of carbonyl (C=O) groups excluding carboxylic acids is 2. The zero-order valence-corrected chi connectivity index (χ0v) is 16.4. The van der Waals surface area contributed by atoms with E-state index in [1.807, 2.05) is 26.0 Å². The van der Waals surface area contributed by atoms with Crippen molar-refractivity contribution in [1.29, 1.82) is 0 Å². The summed E-state index contributed by atoms with van der Waals surface area (Å²) in [6, 6.07) is 14.2. The summed E-state index contributed by atoms with van der Waals surface area (Å²) < 4.78 is 5.51. The van der Waals surface area contributed by atoms with E-state index in [0.717, 1.165) is 12.2 Å². The Morgan fingerprint density at radius 2 is 1.41 bits per heavy atom. The van der Waals surface area contributed by atoms with Gasteiger partial charge in [-0.05, 0) is 60.9 Å². The third kappa shape index (κ3) is 7.71. The SMILES string of the molecule is CCCOc1ccc(NC(=O)CC(C)CC(=O)Nc2ccc(Cl)cc2)cc1. The first-order valence-electron chi connectivity index (χ1n) is 9.04. The van der Waals surface area contributed by atoms with Gasteiger partial charge in [0.25, 0.3) is 0 Å². The van der Waals surface area contributed by atoms with E-state index >= 15 is 0 Å². The van der Waals surface area contributed by atoms with Crippen LogP contribution in [0.2, 0.25) is 5.02 Å².